The molecular formula is C16H28N2O. The monoisotopic (exact) mass is 264 g/mol. The van der Waals surface area contributed by atoms with Crippen LogP contribution in [0.2, 0.25) is 0 Å². The zero-order valence-electron chi connectivity index (χ0n) is 12.0. The van der Waals surface area contributed by atoms with Crippen LogP contribution in [0.4, 0.5) is 0 Å². The summed E-state index contributed by atoms with van der Waals surface area (Å²) in [4.78, 5) is 14.8. The molecule has 1 heterocycles. The van der Waals surface area contributed by atoms with Crippen LogP contribution in [-0.2, 0) is 4.79 Å². The molecule has 3 aliphatic rings. The van der Waals surface area contributed by atoms with Gasteiger partial charge in [0.2, 0.25) is 5.91 Å². The number of piperidine rings is 1. The van der Waals surface area contributed by atoms with Gasteiger partial charge in [0, 0.05) is 19.0 Å². The highest BCUT2D eigenvalue weighted by molar-refractivity contribution is 5.77. The minimum absolute atomic E-state index is 0.427. The first-order chi connectivity index (χ1) is 9.28. The summed E-state index contributed by atoms with van der Waals surface area (Å²) < 4.78 is 0. The molecule has 1 amide bonds. The molecule has 0 spiro atoms. The van der Waals surface area contributed by atoms with Crippen molar-refractivity contribution in [3.8, 4) is 0 Å². The summed E-state index contributed by atoms with van der Waals surface area (Å²) in [5.74, 6) is 2.94. The van der Waals surface area contributed by atoms with Gasteiger partial charge in [-0.3, -0.25) is 4.79 Å². The Balaban J connectivity index is 1.56. The van der Waals surface area contributed by atoms with E-state index in [-0.39, 0.29) is 0 Å². The summed E-state index contributed by atoms with van der Waals surface area (Å²) in [6.45, 7) is 1.69. The topological polar surface area (TPSA) is 46.3 Å². The molecule has 0 radical (unpaired) electrons. The molecular weight excluding hydrogens is 236 g/mol. The molecule has 1 aliphatic heterocycles. The highest BCUT2D eigenvalue weighted by atomic mass is 16.2. The number of hydrogen-bond acceptors (Lipinski definition) is 2. The van der Waals surface area contributed by atoms with Crippen LogP contribution in [0.5, 0.6) is 0 Å². The number of nitrogens with zero attached hydrogens (tertiary/aromatic N) is 1. The number of rotatable bonds is 4. The van der Waals surface area contributed by atoms with Crippen LogP contribution in [0, 0.1) is 17.8 Å². The van der Waals surface area contributed by atoms with Crippen molar-refractivity contribution in [2.45, 2.75) is 63.8 Å². The van der Waals surface area contributed by atoms with E-state index in [4.69, 9.17) is 5.73 Å². The van der Waals surface area contributed by atoms with E-state index in [0.717, 1.165) is 31.2 Å². The van der Waals surface area contributed by atoms with Gasteiger partial charge in [0.1, 0.15) is 0 Å². The lowest BCUT2D eigenvalue weighted by molar-refractivity contribution is -0.136. The Hall–Kier alpha value is -0.570. The summed E-state index contributed by atoms with van der Waals surface area (Å²) in [5.41, 5.74) is 5.70. The van der Waals surface area contributed by atoms with E-state index in [9.17, 15) is 4.79 Å². The number of nitrogens with two attached hydrogens (primary N) is 1. The highest BCUT2D eigenvalue weighted by Crippen LogP contribution is 2.49. The molecule has 3 rings (SSSR count). The van der Waals surface area contributed by atoms with Crippen LogP contribution in [0.15, 0.2) is 0 Å². The van der Waals surface area contributed by atoms with Crippen molar-refractivity contribution in [1.29, 1.82) is 0 Å². The van der Waals surface area contributed by atoms with E-state index in [1.54, 1.807) is 0 Å². The predicted molar refractivity (Wildman–Crippen MR) is 76.6 cm³/mol. The van der Waals surface area contributed by atoms with Gasteiger partial charge in [-0.15, -0.1) is 0 Å². The Labute approximate surface area is 116 Å². The van der Waals surface area contributed by atoms with E-state index >= 15 is 0 Å². The molecule has 2 saturated carbocycles. The third kappa shape index (κ3) is 2.81. The Morgan fingerprint density at radius 3 is 2.74 bits per heavy atom. The molecule has 0 aromatic rings. The summed E-state index contributed by atoms with van der Waals surface area (Å²) in [7, 11) is 0. The van der Waals surface area contributed by atoms with Gasteiger partial charge in [0.25, 0.3) is 0 Å². The van der Waals surface area contributed by atoms with Gasteiger partial charge in [-0.2, -0.15) is 0 Å². The maximum absolute atomic E-state index is 12.6. The molecule has 0 aromatic heterocycles. The Morgan fingerprint density at radius 2 is 2.05 bits per heavy atom. The molecule has 3 heteroatoms. The van der Waals surface area contributed by atoms with Crippen LogP contribution in [0.25, 0.3) is 0 Å². The molecule has 2 N–H and O–H groups in total. The minimum Gasteiger partial charge on any atom is -0.340 e. The van der Waals surface area contributed by atoms with E-state index < -0.39 is 0 Å². The van der Waals surface area contributed by atoms with Gasteiger partial charge in [-0.1, -0.05) is 6.42 Å². The van der Waals surface area contributed by atoms with E-state index in [1.807, 2.05) is 0 Å². The van der Waals surface area contributed by atoms with Gasteiger partial charge >= 0.3 is 0 Å². The fourth-order valence-corrected chi connectivity index (χ4v) is 4.79. The third-order valence-electron chi connectivity index (χ3n) is 5.77. The average Bonchev–Trinajstić information content (AvgIpc) is 3.02. The van der Waals surface area contributed by atoms with Crippen LogP contribution >= 0.6 is 0 Å². The van der Waals surface area contributed by atoms with E-state index in [2.05, 4.69) is 4.90 Å². The molecule has 4 atom stereocenters. The van der Waals surface area contributed by atoms with Gasteiger partial charge in [0.05, 0.1) is 0 Å². The molecule has 0 aromatic carbocycles. The average molecular weight is 264 g/mol. The first kappa shape index (κ1) is 13.4. The number of carbonyl (C=O) groups excluding carboxylic acids is 1. The Kier molecular flexibility index (Phi) is 4.11. The zero-order chi connectivity index (χ0) is 13.2. The number of likely N-dealkylation sites (tertiary alicyclic amines) is 1. The Morgan fingerprint density at radius 1 is 1.16 bits per heavy atom. The maximum Gasteiger partial charge on any atom is 0.223 e. The second-order valence-electron chi connectivity index (χ2n) is 6.95. The predicted octanol–water partition coefficient (Wildman–Crippen LogP) is 2.54. The second-order valence-corrected chi connectivity index (χ2v) is 6.95. The van der Waals surface area contributed by atoms with Crippen LogP contribution in [0.3, 0.4) is 0 Å². The summed E-state index contributed by atoms with van der Waals surface area (Å²) >= 11 is 0. The van der Waals surface area contributed by atoms with Gasteiger partial charge in [-0.25, -0.2) is 0 Å². The van der Waals surface area contributed by atoms with Crippen LogP contribution in [-0.4, -0.2) is 29.9 Å². The van der Waals surface area contributed by atoms with Gasteiger partial charge in [-0.05, 0) is 69.2 Å². The first-order valence-corrected chi connectivity index (χ1v) is 8.27. The maximum atomic E-state index is 12.6. The lowest BCUT2D eigenvalue weighted by Crippen LogP contribution is -2.45. The van der Waals surface area contributed by atoms with Gasteiger partial charge < -0.3 is 10.6 Å². The fourth-order valence-electron chi connectivity index (χ4n) is 4.79. The van der Waals surface area contributed by atoms with E-state index in [0.29, 0.717) is 24.4 Å². The molecule has 2 aliphatic carbocycles. The molecule has 19 heavy (non-hydrogen) atoms. The first-order valence-electron chi connectivity index (χ1n) is 8.27. The zero-order valence-corrected chi connectivity index (χ0v) is 12.0. The van der Waals surface area contributed by atoms with Gasteiger partial charge in [0.15, 0.2) is 0 Å². The van der Waals surface area contributed by atoms with Crippen molar-refractivity contribution in [3.63, 3.8) is 0 Å². The molecule has 2 bridgehead atoms. The summed E-state index contributed by atoms with van der Waals surface area (Å²) in [5, 5.41) is 0. The number of carbonyl (C=O) groups is 1. The fraction of sp³-hybridized carbons (Fsp3) is 0.938. The van der Waals surface area contributed by atoms with Crippen molar-refractivity contribution < 1.29 is 4.79 Å². The minimum atomic E-state index is 0.427. The normalized spacial score (nSPS) is 37.8. The van der Waals surface area contributed by atoms with E-state index in [1.165, 1.54) is 44.9 Å². The number of hydrogen-bond donors (Lipinski definition) is 1. The number of fused-ring (bicyclic) bond motifs is 2. The van der Waals surface area contributed by atoms with Crippen molar-refractivity contribution in [2.75, 3.05) is 13.1 Å². The van der Waals surface area contributed by atoms with Crippen molar-refractivity contribution in [1.82, 2.24) is 4.90 Å². The second kappa shape index (κ2) is 5.82. The smallest absolute Gasteiger partial charge is 0.223 e. The van der Waals surface area contributed by atoms with Crippen LogP contribution < -0.4 is 5.73 Å². The molecule has 3 fully saturated rings. The van der Waals surface area contributed by atoms with Crippen molar-refractivity contribution in [3.05, 3.63) is 0 Å². The molecule has 108 valence electrons. The molecule has 4 unspecified atom stereocenters. The van der Waals surface area contributed by atoms with Crippen molar-refractivity contribution >= 4 is 5.91 Å². The largest absolute Gasteiger partial charge is 0.340 e. The third-order valence-corrected chi connectivity index (χ3v) is 5.77. The lowest BCUT2D eigenvalue weighted by atomic mass is 9.85. The summed E-state index contributed by atoms with van der Waals surface area (Å²) in [6.07, 6.45) is 11.0. The molecule has 1 saturated heterocycles. The Bertz CT molecular complexity index is 329. The highest BCUT2D eigenvalue weighted by Gasteiger charge is 2.41. The molecule has 3 nitrogen and oxygen atoms in total. The lowest BCUT2D eigenvalue weighted by Gasteiger charge is -2.37. The SMILES string of the molecule is NCCC1CCCCN1C(=O)CC1CC2CCC1C2. The standard InChI is InChI=1S/C16H28N2O/c17-7-6-15-3-1-2-8-18(15)16(19)11-14-10-12-4-5-13(14)9-12/h12-15H,1-11,17H2. The number of amides is 1. The van der Waals surface area contributed by atoms with Crippen LogP contribution in [0.1, 0.15) is 57.8 Å². The van der Waals surface area contributed by atoms with Crippen molar-refractivity contribution in [2.24, 2.45) is 23.5 Å². The summed E-state index contributed by atoms with van der Waals surface area (Å²) in [6, 6.07) is 0.435. The quantitative estimate of drug-likeness (QED) is 0.848.